The molecule has 0 bridgehead atoms. The first-order valence-corrected chi connectivity index (χ1v) is 6.32. The van der Waals surface area contributed by atoms with E-state index in [1.807, 2.05) is 43.3 Å². The average molecular weight is 255 g/mol. The van der Waals surface area contributed by atoms with Gasteiger partial charge in [0.15, 0.2) is 0 Å². The molecule has 0 heterocycles. The van der Waals surface area contributed by atoms with Gasteiger partial charge < -0.3 is 4.84 Å². The first-order valence-electron chi connectivity index (χ1n) is 6.32. The first kappa shape index (κ1) is 13.3. The smallest absolute Gasteiger partial charge is 0.318 e. The molecule has 0 aliphatic heterocycles. The van der Waals surface area contributed by atoms with Gasteiger partial charge in [-0.05, 0) is 29.3 Å². The van der Waals surface area contributed by atoms with Gasteiger partial charge in [0.05, 0.1) is 11.6 Å². The fourth-order valence-corrected chi connectivity index (χ4v) is 1.69. The van der Waals surface area contributed by atoms with Crippen molar-refractivity contribution in [2.24, 2.45) is 11.1 Å². The van der Waals surface area contributed by atoms with E-state index < -0.39 is 0 Å². The lowest BCUT2D eigenvalue weighted by molar-refractivity contribution is -0.147. The number of hydrogen-bond donors (Lipinski definition) is 0. The van der Waals surface area contributed by atoms with E-state index in [2.05, 4.69) is 11.2 Å². The maximum Gasteiger partial charge on any atom is 0.337 e. The maximum atomic E-state index is 11.4. The number of oxime groups is 1. The van der Waals surface area contributed by atoms with Gasteiger partial charge in [-0.3, -0.25) is 0 Å². The molecule has 2 aromatic rings. The van der Waals surface area contributed by atoms with Crippen molar-refractivity contribution in [2.45, 2.75) is 20.8 Å². The minimum absolute atomic E-state index is 0.173. The van der Waals surface area contributed by atoms with Gasteiger partial charge in [-0.25, -0.2) is 4.79 Å². The van der Waals surface area contributed by atoms with Crippen molar-refractivity contribution >= 4 is 22.5 Å². The Bertz CT molecular complexity index is 629. The van der Waals surface area contributed by atoms with Gasteiger partial charge in [0.2, 0.25) is 0 Å². The van der Waals surface area contributed by atoms with Crippen molar-refractivity contribution in [3.8, 4) is 0 Å². The van der Waals surface area contributed by atoms with Crippen LogP contribution in [0.3, 0.4) is 0 Å². The summed E-state index contributed by atoms with van der Waals surface area (Å²) in [6.45, 7) is 5.39. The summed E-state index contributed by atoms with van der Waals surface area (Å²) in [7, 11) is 0. The van der Waals surface area contributed by atoms with Crippen molar-refractivity contribution in [1.29, 1.82) is 0 Å². The summed E-state index contributed by atoms with van der Waals surface area (Å²) in [6, 6.07) is 14.2. The monoisotopic (exact) mass is 255 g/mol. The molecule has 0 aromatic heterocycles. The summed E-state index contributed by atoms with van der Waals surface area (Å²) in [4.78, 5) is 16.2. The molecule has 0 saturated heterocycles. The van der Waals surface area contributed by atoms with Crippen LogP contribution in [0.5, 0.6) is 0 Å². The van der Waals surface area contributed by atoms with Crippen molar-refractivity contribution in [1.82, 2.24) is 0 Å². The average Bonchev–Trinajstić information content (AvgIpc) is 2.43. The van der Waals surface area contributed by atoms with Gasteiger partial charge in [0.1, 0.15) is 0 Å². The van der Waals surface area contributed by atoms with E-state index >= 15 is 0 Å². The number of nitrogens with zero attached hydrogens (tertiary/aromatic N) is 1. The molecule has 0 spiro atoms. The SMILES string of the molecule is C/C(=N\OC(=O)C(C)C)c1ccc2ccccc2c1. The van der Waals surface area contributed by atoms with Crippen LogP contribution in [0.1, 0.15) is 26.3 Å². The quantitative estimate of drug-likeness (QED) is 0.476. The highest BCUT2D eigenvalue weighted by Gasteiger charge is 2.08. The highest BCUT2D eigenvalue weighted by Crippen LogP contribution is 2.16. The summed E-state index contributed by atoms with van der Waals surface area (Å²) in [5.41, 5.74) is 1.65. The van der Waals surface area contributed by atoms with Crippen LogP contribution in [-0.2, 0) is 9.63 Å². The highest BCUT2D eigenvalue weighted by atomic mass is 16.7. The standard InChI is InChI=1S/C16H17NO2/c1-11(2)16(18)19-17-12(3)14-9-8-13-6-4-5-7-15(13)10-14/h4-11H,1-3H3/b17-12+. The second-order valence-corrected chi connectivity index (χ2v) is 4.80. The summed E-state index contributed by atoms with van der Waals surface area (Å²) in [6.07, 6.45) is 0. The predicted octanol–water partition coefficient (Wildman–Crippen LogP) is 3.76. The molecular formula is C16H17NO2. The normalized spacial score (nSPS) is 11.9. The molecule has 0 saturated carbocycles. The van der Waals surface area contributed by atoms with E-state index in [4.69, 9.17) is 4.84 Å². The van der Waals surface area contributed by atoms with Gasteiger partial charge in [-0.2, -0.15) is 0 Å². The number of hydrogen-bond acceptors (Lipinski definition) is 3. The molecule has 0 unspecified atom stereocenters. The molecular weight excluding hydrogens is 238 g/mol. The Kier molecular flexibility index (Phi) is 3.95. The third-order valence-corrected chi connectivity index (χ3v) is 2.91. The minimum Gasteiger partial charge on any atom is -0.318 e. The molecule has 2 rings (SSSR count). The van der Waals surface area contributed by atoms with Crippen LogP contribution in [0.25, 0.3) is 10.8 Å². The Balaban J connectivity index is 2.23. The van der Waals surface area contributed by atoms with E-state index in [9.17, 15) is 4.79 Å². The van der Waals surface area contributed by atoms with Crippen LogP contribution in [0.4, 0.5) is 0 Å². The zero-order valence-electron chi connectivity index (χ0n) is 11.4. The van der Waals surface area contributed by atoms with Gasteiger partial charge >= 0.3 is 5.97 Å². The third-order valence-electron chi connectivity index (χ3n) is 2.91. The van der Waals surface area contributed by atoms with Crippen LogP contribution in [-0.4, -0.2) is 11.7 Å². The minimum atomic E-state index is -0.319. The van der Waals surface area contributed by atoms with Gasteiger partial charge in [0.25, 0.3) is 0 Å². The van der Waals surface area contributed by atoms with E-state index in [1.165, 1.54) is 5.39 Å². The molecule has 0 radical (unpaired) electrons. The van der Waals surface area contributed by atoms with Crippen molar-refractivity contribution in [3.05, 3.63) is 48.0 Å². The second-order valence-electron chi connectivity index (χ2n) is 4.80. The van der Waals surface area contributed by atoms with Gasteiger partial charge in [-0.1, -0.05) is 55.4 Å². The van der Waals surface area contributed by atoms with Gasteiger partial charge in [-0.15, -0.1) is 0 Å². The number of carbonyl (C=O) groups is 1. The molecule has 0 amide bonds. The topological polar surface area (TPSA) is 38.7 Å². The summed E-state index contributed by atoms with van der Waals surface area (Å²) in [5.74, 6) is -0.492. The van der Waals surface area contributed by atoms with E-state index in [0.29, 0.717) is 5.71 Å². The lowest BCUT2D eigenvalue weighted by atomic mass is 10.0. The lowest BCUT2D eigenvalue weighted by Crippen LogP contribution is -2.09. The van der Waals surface area contributed by atoms with Gasteiger partial charge in [0, 0.05) is 0 Å². The summed E-state index contributed by atoms with van der Waals surface area (Å²) >= 11 is 0. The van der Waals surface area contributed by atoms with Crippen molar-refractivity contribution in [3.63, 3.8) is 0 Å². The Morgan fingerprint density at radius 3 is 2.47 bits per heavy atom. The molecule has 3 nitrogen and oxygen atoms in total. The number of carbonyl (C=O) groups excluding carboxylic acids is 1. The Morgan fingerprint density at radius 1 is 1.11 bits per heavy atom. The molecule has 19 heavy (non-hydrogen) atoms. The Morgan fingerprint density at radius 2 is 1.79 bits per heavy atom. The van der Waals surface area contributed by atoms with Crippen LogP contribution in [0, 0.1) is 5.92 Å². The predicted molar refractivity (Wildman–Crippen MR) is 77.1 cm³/mol. The van der Waals surface area contributed by atoms with E-state index in [-0.39, 0.29) is 11.9 Å². The molecule has 2 aromatic carbocycles. The number of benzene rings is 2. The largest absolute Gasteiger partial charge is 0.337 e. The Hall–Kier alpha value is -2.16. The zero-order valence-corrected chi connectivity index (χ0v) is 11.4. The first-order chi connectivity index (χ1) is 9.08. The van der Waals surface area contributed by atoms with Crippen LogP contribution in [0.15, 0.2) is 47.6 Å². The van der Waals surface area contributed by atoms with E-state index in [1.54, 1.807) is 13.8 Å². The number of fused-ring (bicyclic) bond motifs is 1. The molecule has 98 valence electrons. The van der Waals surface area contributed by atoms with Crippen molar-refractivity contribution < 1.29 is 9.63 Å². The second kappa shape index (κ2) is 5.65. The van der Waals surface area contributed by atoms with Crippen LogP contribution in [0.2, 0.25) is 0 Å². The number of rotatable bonds is 3. The van der Waals surface area contributed by atoms with Crippen molar-refractivity contribution in [2.75, 3.05) is 0 Å². The fraction of sp³-hybridized carbons (Fsp3) is 0.250. The molecule has 0 N–H and O–H groups in total. The fourth-order valence-electron chi connectivity index (χ4n) is 1.69. The molecule has 3 heteroatoms. The lowest BCUT2D eigenvalue weighted by Gasteiger charge is -2.04. The molecule has 0 aliphatic carbocycles. The summed E-state index contributed by atoms with van der Waals surface area (Å²) < 4.78 is 0. The maximum absolute atomic E-state index is 11.4. The van der Waals surface area contributed by atoms with Crippen LogP contribution < -0.4 is 0 Å². The molecule has 0 fully saturated rings. The summed E-state index contributed by atoms with van der Waals surface area (Å²) in [5, 5.41) is 6.21. The Labute approximate surface area is 112 Å². The highest BCUT2D eigenvalue weighted by molar-refractivity contribution is 6.01. The van der Waals surface area contributed by atoms with Crippen LogP contribution >= 0.6 is 0 Å². The van der Waals surface area contributed by atoms with E-state index in [0.717, 1.165) is 10.9 Å². The molecule has 0 aliphatic rings. The molecule has 0 atom stereocenters. The third kappa shape index (κ3) is 3.19. The zero-order chi connectivity index (χ0) is 13.8.